The molecule has 0 atom stereocenters. The van der Waals surface area contributed by atoms with Crippen LogP contribution >= 0.6 is 0 Å². The lowest BCUT2D eigenvalue weighted by atomic mass is 9.80. The van der Waals surface area contributed by atoms with Crippen LogP contribution in [0.1, 0.15) is 41.0 Å². The molecule has 0 aromatic heterocycles. The monoisotopic (exact) mass is 202 g/mol. The second kappa shape index (κ2) is 5.69. The van der Waals surface area contributed by atoms with E-state index in [2.05, 4.69) is 0 Å². The summed E-state index contributed by atoms with van der Waals surface area (Å²) in [5.74, 6) is 0.214. The first-order valence-corrected chi connectivity index (χ1v) is 5.49. The minimum atomic E-state index is -0.864. The summed E-state index contributed by atoms with van der Waals surface area (Å²) in [5.41, 5.74) is -0.864. The highest BCUT2D eigenvalue weighted by Gasteiger charge is 2.34. The zero-order valence-corrected chi connectivity index (χ0v) is 10.1. The van der Waals surface area contributed by atoms with Crippen LogP contribution in [0.4, 0.5) is 0 Å². The van der Waals surface area contributed by atoms with Crippen molar-refractivity contribution in [2.24, 2.45) is 11.8 Å². The van der Waals surface area contributed by atoms with Crippen LogP contribution in [0.25, 0.3) is 0 Å². The Morgan fingerprint density at radius 2 is 1.64 bits per heavy atom. The fraction of sp³-hybridized carbons (Fsp3) is 1.00. The third-order valence-electron chi connectivity index (χ3n) is 2.90. The van der Waals surface area contributed by atoms with Crippen LogP contribution in [0.15, 0.2) is 0 Å². The highest BCUT2D eigenvalue weighted by molar-refractivity contribution is 4.88. The standard InChI is InChI=1S/C11H24NO2/c1-6-7-12(14)8-11(13,9(2)3)10(4)5/h9-10,13H,6-8H2,1-5H3/q-1. The van der Waals surface area contributed by atoms with Crippen LogP contribution in [0, 0.1) is 17.0 Å². The lowest BCUT2D eigenvalue weighted by Crippen LogP contribution is -2.49. The molecule has 0 aliphatic rings. The van der Waals surface area contributed by atoms with Crippen molar-refractivity contribution in [1.82, 2.24) is 5.06 Å². The molecule has 14 heavy (non-hydrogen) atoms. The Bertz CT molecular complexity index is 149. The molecular weight excluding hydrogens is 178 g/mol. The van der Waals surface area contributed by atoms with Crippen LogP contribution < -0.4 is 0 Å². The van der Waals surface area contributed by atoms with Crippen LogP contribution in [0.5, 0.6) is 0 Å². The van der Waals surface area contributed by atoms with Crippen molar-refractivity contribution in [1.29, 1.82) is 0 Å². The molecule has 0 saturated heterocycles. The maximum absolute atomic E-state index is 11.4. The van der Waals surface area contributed by atoms with Gasteiger partial charge in [0, 0.05) is 6.54 Å². The largest absolute Gasteiger partial charge is 0.785 e. The van der Waals surface area contributed by atoms with Crippen molar-refractivity contribution in [2.75, 3.05) is 13.1 Å². The van der Waals surface area contributed by atoms with Gasteiger partial charge < -0.3 is 15.4 Å². The molecule has 1 N–H and O–H groups in total. The third kappa shape index (κ3) is 3.56. The number of nitrogens with zero attached hydrogens (tertiary/aromatic N) is 1. The molecule has 0 bridgehead atoms. The lowest BCUT2D eigenvalue weighted by molar-refractivity contribution is -0.0634. The second-order valence-corrected chi connectivity index (χ2v) is 4.66. The highest BCUT2D eigenvalue weighted by atomic mass is 16.5. The van der Waals surface area contributed by atoms with Gasteiger partial charge in [-0.3, -0.25) is 0 Å². The normalized spacial score (nSPS) is 13.3. The van der Waals surface area contributed by atoms with Gasteiger partial charge in [0.25, 0.3) is 0 Å². The Hall–Kier alpha value is -0.120. The first-order chi connectivity index (χ1) is 6.34. The molecule has 0 amide bonds. The van der Waals surface area contributed by atoms with Gasteiger partial charge in [-0.25, -0.2) is 0 Å². The molecule has 0 saturated carbocycles. The Morgan fingerprint density at radius 1 is 1.21 bits per heavy atom. The van der Waals surface area contributed by atoms with Gasteiger partial charge in [0.1, 0.15) is 0 Å². The summed E-state index contributed by atoms with van der Waals surface area (Å²) in [5, 5.41) is 22.7. The van der Waals surface area contributed by atoms with Crippen molar-refractivity contribution >= 4 is 0 Å². The van der Waals surface area contributed by atoms with Gasteiger partial charge in [-0.2, -0.15) is 0 Å². The Morgan fingerprint density at radius 3 is 1.93 bits per heavy atom. The van der Waals surface area contributed by atoms with Crippen molar-refractivity contribution in [3.8, 4) is 0 Å². The van der Waals surface area contributed by atoms with Crippen molar-refractivity contribution in [3.05, 3.63) is 5.21 Å². The van der Waals surface area contributed by atoms with E-state index < -0.39 is 5.60 Å². The summed E-state index contributed by atoms with van der Waals surface area (Å²) in [4.78, 5) is 0. The molecule has 0 rings (SSSR count). The fourth-order valence-electron chi connectivity index (χ4n) is 1.64. The third-order valence-corrected chi connectivity index (χ3v) is 2.90. The summed E-state index contributed by atoms with van der Waals surface area (Å²) in [7, 11) is 0. The summed E-state index contributed by atoms with van der Waals surface area (Å²) >= 11 is 0. The smallest absolute Gasteiger partial charge is 0.0810 e. The predicted molar refractivity (Wildman–Crippen MR) is 59.9 cm³/mol. The average molecular weight is 202 g/mol. The molecule has 0 fully saturated rings. The average Bonchev–Trinajstić information content (AvgIpc) is 2.03. The minimum Gasteiger partial charge on any atom is -0.785 e. The minimum absolute atomic E-state index is 0.107. The SMILES string of the molecule is CCCN([O-])CC(O)(C(C)C)C(C)C. The quantitative estimate of drug-likeness (QED) is 0.672. The lowest BCUT2D eigenvalue weighted by Gasteiger charge is -2.43. The van der Waals surface area contributed by atoms with E-state index in [1.165, 1.54) is 0 Å². The Balaban J connectivity index is 4.37. The molecule has 0 spiro atoms. The van der Waals surface area contributed by atoms with E-state index in [4.69, 9.17) is 0 Å². The number of aliphatic hydroxyl groups is 1. The number of hydrogen-bond acceptors (Lipinski definition) is 3. The van der Waals surface area contributed by atoms with Gasteiger partial charge in [0.2, 0.25) is 0 Å². The first-order valence-electron chi connectivity index (χ1n) is 5.49. The molecule has 0 aromatic carbocycles. The van der Waals surface area contributed by atoms with Crippen LogP contribution in [0.2, 0.25) is 0 Å². The van der Waals surface area contributed by atoms with Crippen LogP contribution in [-0.4, -0.2) is 28.9 Å². The molecule has 0 aliphatic heterocycles. The summed E-state index contributed by atoms with van der Waals surface area (Å²) < 4.78 is 0. The maximum Gasteiger partial charge on any atom is 0.0810 e. The van der Waals surface area contributed by atoms with Crippen molar-refractivity contribution < 1.29 is 5.11 Å². The van der Waals surface area contributed by atoms with Crippen molar-refractivity contribution in [3.63, 3.8) is 0 Å². The molecule has 3 heteroatoms. The maximum atomic E-state index is 11.4. The number of rotatable bonds is 6. The predicted octanol–water partition coefficient (Wildman–Crippen LogP) is 2.24. The summed E-state index contributed by atoms with van der Waals surface area (Å²) in [6, 6.07) is 0. The van der Waals surface area contributed by atoms with E-state index in [1.54, 1.807) is 0 Å². The van der Waals surface area contributed by atoms with Crippen LogP contribution in [-0.2, 0) is 0 Å². The number of hydroxylamine groups is 2. The Kier molecular flexibility index (Phi) is 5.64. The summed E-state index contributed by atoms with van der Waals surface area (Å²) in [6.45, 7) is 10.5. The van der Waals surface area contributed by atoms with Gasteiger partial charge in [-0.1, -0.05) is 34.6 Å². The van der Waals surface area contributed by atoms with Gasteiger partial charge in [-0.05, 0) is 24.8 Å². The van der Waals surface area contributed by atoms with E-state index in [0.717, 1.165) is 11.5 Å². The van der Waals surface area contributed by atoms with E-state index in [0.29, 0.717) is 6.54 Å². The van der Waals surface area contributed by atoms with Crippen molar-refractivity contribution in [2.45, 2.75) is 46.6 Å². The molecule has 0 heterocycles. The van der Waals surface area contributed by atoms with Gasteiger partial charge in [0.05, 0.1) is 5.60 Å². The molecule has 0 radical (unpaired) electrons. The molecule has 3 nitrogen and oxygen atoms in total. The van der Waals surface area contributed by atoms with E-state index in [9.17, 15) is 10.3 Å². The van der Waals surface area contributed by atoms with E-state index in [1.807, 2.05) is 34.6 Å². The zero-order chi connectivity index (χ0) is 11.4. The van der Waals surface area contributed by atoms with Gasteiger partial charge in [0.15, 0.2) is 0 Å². The topological polar surface area (TPSA) is 46.5 Å². The molecule has 0 unspecified atom stereocenters. The first kappa shape index (κ1) is 13.9. The highest BCUT2D eigenvalue weighted by Crippen LogP contribution is 2.26. The summed E-state index contributed by atoms with van der Waals surface area (Å²) in [6.07, 6.45) is 0.829. The Labute approximate surface area is 87.7 Å². The van der Waals surface area contributed by atoms with Gasteiger partial charge >= 0.3 is 0 Å². The second-order valence-electron chi connectivity index (χ2n) is 4.66. The van der Waals surface area contributed by atoms with Crippen LogP contribution in [0.3, 0.4) is 0 Å². The van der Waals surface area contributed by atoms with E-state index in [-0.39, 0.29) is 18.4 Å². The van der Waals surface area contributed by atoms with Gasteiger partial charge in [-0.15, -0.1) is 0 Å². The molecular formula is C11H24NO2-. The molecule has 86 valence electrons. The fourth-order valence-corrected chi connectivity index (χ4v) is 1.64. The van der Waals surface area contributed by atoms with E-state index >= 15 is 0 Å². The number of hydrogen-bond donors (Lipinski definition) is 1. The molecule has 0 aromatic rings. The molecule has 0 aliphatic carbocycles. The zero-order valence-electron chi connectivity index (χ0n) is 10.1.